The Bertz CT molecular complexity index is 1240. The van der Waals surface area contributed by atoms with Crippen LogP contribution in [0.15, 0.2) is 35.5 Å². The fraction of sp³-hybridized carbons (Fsp3) is 0.381. The molecule has 7 nitrogen and oxygen atoms in total. The van der Waals surface area contributed by atoms with Crippen LogP contribution in [-0.2, 0) is 0 Å². The molecule has 1 aliphatic carbocycles. The van der Waals surface area contributed by atoms with Crippen molar-refractivity contribution in [2.75, 3.05) is 0 Å². The molecule has 4 aromatic rings. The van der Waals surface area contributed by atoms with Gasteiger partial charge in [-0.1, -0.05) is 0 Å². The van der Waals surface area contributed by atoms with Crippen LogP contribution in [0.3, 0.4) is 0 Å². The van der Waals surface area contributed by atoms with E-state index in [9.17, 15) is 4.79 Å². The van der Waals surface area contributed by atoms with Gasteiger partial charge in [0.2, 0.25) is 0 Å². The number of aromatic amines is 1. The highest BCUT2D eigenvalue weighted by atomic mass is 16.1. The Labute approximate surface area is 162 Å². The van der Waals surface area contributed by atoms with Crippen molar-refractivity contribution in [2.24, 2.45) is 5.73 Å². The summed E-state index contributed by atoms with van der Waals surface area (Å²) in [5.41, 5.74) is 13.1. The van der Waals surface area contributed by atoms with Gasteiger partial charge in [-0.05, 0) is 74.4 Å². The highest BCUT2D eigenvalue weighted by Crippen LogP contribution is 2.32. The molecule has 0 spiro atoms. The molecule has 3 heterocycles. The molecule has 1 saturated carbocycles. The summed E-state index contributed by atoms with van der Waals surface area (Å²) in [5.74, 6) is 0. The fourth-order valence-electron chi connectivity index (χ4n) is 4.55. The lowest BCUT2D eigenvalue weighted by atomic mass is 9.91. The molecule has 0 bridgehead atoms. The smallest absolute Gasteiger partial charge is 0.326 e. The minimum Gasteiger partial charge on any atom is -0.328 e. The summed E-state index contributed by atoms with van der Waals surface area (Å²) in [6.45, 7) is 4.13. The lowest BCUT2D eigenvalue weighted by Gasteiger charge is -2.27. The van der Waals surface area contributed by atoms with Crippen LogP contribution in [0.4, 0.5) is 0 Å². The van der Waals surface area contributed by atoms with Crippen LogP contribution >= 0.6 is 0 Å². The molecule has 7 heteroatoms. The average molecular weight is 376 g/mol. The summed E-state index contributed by atoms with van der Waals surface area (Å²) in [6.07, 6.45) is 7.40. The zero-order chi connectivity index (χ0) is 19.4. The van der Waals surface area contributed by atoms with E-state index >= 15 is 0 Å². The molecule has 1 aliphatic rings. The molecule has 28 heavy (non-hydrogen) atoms. The number of pyridine rings is 1. The molecule has 0 unspecified atom stereocenters. The summed E-state index contributed by atoms with van der Waals surface area (Å²) in [5, 5.41) is 4.28. The molecular weight excluding hydrogens is 352 g/mol. The quantitative estimate of drug-likeness (QED) is 0.562. The molecule has 3 N–H and O–H groups in total. The maximum Gasteiger partial charge on any atom is 0.326 e. The van der Waals surface area contributed by atoms with Crippen molar-refractivity contribution in [3.8, 4) is 11.1 Å². The second kappa shape index (κ2) is 6.31. The van der Waals surface area contributed by atoms with Gasteiger partial charge in [0.05, 0.1) is 11.0 Å². The third-order valence-electron chi connectivity index (χ3n) is 6.04. The maximum absolute atomic E-state index is 12.7. The number of hydrogen-bond donors (Lipinski definition) is 2. The van der Waals surface area contributed by atoms with Gasteiger partial charge >= 0.3 is 5.69 Å². The molecule has 0 aliphatic heterocycles. The summed E-state index contributed by atoms with van der Waals surface area (Å²) in [4.78, 5) is 20.1. The van der Waals surface area contributed by atoms with Crippen LogP contribution in [0, 0.1) is 13.8 Å². The molecule has 1 fully saturated rings. The lowest BCUT2D eigenvalue weighted by Crippen LogP contribution is -2.31. The standard InChI is InChI=1S/C21H24N6O/c1-12-8-19-18(25-21(28)27(19)16-5-3-15(22)4-6-16)9-17(12)14-7-13(2)20-23-11-24-26(20)10-14/h7-11,15-16H,3-6,22H2,1-2H3,(H,25,28)/t15-,16-. The predicted molar refractivity (Wildman–Crippen MR) is 109 cm³/mol. The topological polar surface area (TPSA) is 94.0 Å². The van der Waals surface area contributed by atoms with Gasteiger partial charge in [-0.25, -0.2) is 14.3 Å². The Morgan fingerprint density at radius 2 is 1.89 bits per heavy atom. The number of nitrogens with one attached hydrogen (secondary N) is 1. The van der Waals surface area contributed by atoms with E-state index in [1.54, 1.807) is 10.8 Å². The van der Waals surface area contributed by atoms with E-state index in [1.807, 2.05) is 17.7 Å². The third-order valence-corrected chi connectivity index (χ3v) is 6.04. The number of rotatable bonds is 2. The summed E-state index contributed by atoms with van der Waals surface area (Å²) >= 11 is 0. The Morgan fingerprint density at radius 3 is 2.68 bits per heavy atom. The first kappa shape index (κ1) is 17.2. The van der Waals surface area contributed by atoms with Crippen molar-refractivity contribution in [1.29, 1.82) is 0 Å². The Morgan fingerprint density at radius 1 is 1.11 bits per heavy atom. The second-order valence-electron chi connectivity index (χ2n) is 7.99. The van der Waals surface area contributed by atoms with Crippen LogP contribution in [-0.4, -0.2) is 30.2 Å². The molecule has 1 aromatic carbocycles. The number of imidazole rings is 1. The summed E-state index contributed by atoms with van der Waals surface area (Å²) < 4.78 is 3.73. The average Bonchev–Trinajstić information content (AvgIpc) is 3.26. The van der Waals surface area contributed by atoms with Crippen molar-refractivity contribution in [2.45, 2.75) is 51.6 Å². The minimum absolute atomic E-state index is 0.0325. The van der Waals surface area contributed by atoms with Gasteiger partial charge in [0.25, 0.3) is 0 Å². The van der Waals surface area contributed by atoms with E-state index in [-0.39, 0.29) is 17.8 Å². The van der Waals surface area contributed by atoms with Gasteiger partial charge in [0, 0.05) is 23.8 Å². The third kappa shape index (κ3) is 2.65. The van der Waals surface area contributed by atoms with Gasteiger partial charge < -0.3 is 10.7 Å². The van der Waals surface area contributed by atoms with E-state index < -0.39 is 0 Å². The van der Waals surface area contributed by atoms with Crippen molar-refractivity contribution in [3.63, 3.8) is 0 Å². The number of aryl methyl sites for hydroxylation is 2. The van der Waals surface area contributed by atoms with E-state index in [2.05, 4.69) is 40.2 Å². The van der Waals surface area contributed by atoms with E-state index in [1.165, 1.54) is 0 Å². The zero-order valence-corrected chi connectivity index (χ0v) is 16.1. The lowest BCUT2D eigenvalue weighted by molar-refractivity contribution is 0.324. The number of aromatic nitrogens is 5. The predicted octanol–water partition coefficient (Wildman–Crippen LogP) is 3.10. The largest absolute Gasteiger partial charge is 0.328 e. The SMILES string of the molecule is Cc1cc2c(cc1-c1cc(C)c3ncnn3c1)[nH]c(=O)n2[C@H]1CC[C@H](N)CC1. The van der Waals surface area contributed by atoms with Crippen LogP contribution in [0.1, 0.15) is 42.9 Å². The first-order valence-electron chi connectivity index (χ1n) is 9.82. The van der Waals surface area contributed by atoms with Crippen LogP contribution in [0.2, 0.25) is 0 Å². The molecule has 0 radical (unpaired) electrons. The summed E-state index contributed by atoms with van der Waals surface area (Å²) in [7, 11) is 0. The Balaban J connectivity index is 1.64. The van der Waals surface area contributed by atoms with Gasteiger partial charge in [-0.15, -0.1) is 0 Å². The highest BCUT2D eigenvalue weighted by Gasteiger charge is 2.23. The molecular formula is C21H24N6O. The molecule has 0 saturated heterocycles. The number of nitrogens with zero attached hydrogens (tertiary/aromatic N) is 4. The number of benzene rings is 1. The van der Waals surface area contributed by atoms with E-state index in [4.69, 9.17) is 5.73 Å². The number of H-pyrrole nitrogens is 1. The normalized spacial score (nSPS) is 20.2. The van der Waals surface area contributed by atoms with Gasteiger partial charge in [0.1, 0.15) is 6.33 Å². The van der Waals surface area contributed by atoms with Gasteiger partial charge in [0.15, 0.2) is 5.65 Å². The zero-order valence-electron chi connectivity index (χ0n) is 16.1. The minimum atomic E-state index is -0.0325. The first-order valence-corrected chi connectivity index (χ1v) is 9.82. The van der Waals surface area contributed by atoms with Gasteiger partial charge in [-0.3, -0.25) is 4.57 Å². The van der Waals surface area contributed by atoms with Crippen LogP contribution in [0.25, 0.3) is 27.8 Å². The molecule has 144 valence electrons. The Kier molecular flexibility index (Phi) is 3.87. The van der Waals surface area contributed by atoms with Crippen molar-refractivity contribution in [3.05, 3.63) is 52.3 Å². The molecule has 3 aromatic heterocycles. The number of hydrogen-bond acceptors (Lipinski definition) is 4. The maximum atomic E-state index is 12.7. The number of fused-ring (bicyclic) bond motifs is 2. The Hall–Kier alpha value is -2.93. The van der Waals surface area contributed by atoms with Crippen LogP contribution in [0.5, 0.6) is 0 Å². The molecule has 5 rings (SSSR count). The van der Waals surface area contributed by atoms with Crippen molar-refractivity contribution < 1.29 is 0 Å². The highest BCUT2D eigenvalue weighted by molar-refractivity contribution is 5.84. The summed E-state index contributed by atoms with van der Waals surface area (Å²) in [6, 6.07) is 6.81. The van der Waals surface area contributed by atoms with Crippen LogP contribution < -0.4 is 11.4 Å². The second-order valence-corrected chi connectivity index (χ2v) is 7.99. The van der Waals surface area contributed by atoms with Gasteiger partial charge in [-0.2, -0.15) is 5.10 Å². The molecule has 0 amide bonds. The molecule has 0 atom stereocenters. The van der Waals surface area contributed by atoms with Crippen molar-refractivity contribution >= 4 is 16.7 Å². The van der Waals surface area contributed by atoms with E-state index in [0.717, 1.165) is 64.6 Å². The number of nitrogens with two attached hydrogens (primary N) is 1. The monoisotopic (exact) mass is 376 g/mol. The fourth-order valence-corrected chi connectivity index (χ4v) is 4.55. The van der Waals surface area contributed by atoms with E-state index in [0.29, 0.717) is 0 Å². The van der Waals surface area contributed by atoms with Crippen molar-refractivity contribution in [1.82, 2.24) is 24.1 Å². The first-order chi connectivity index (χ1) is 13.5.